The molecule has 0 spiro atoms. The van der Waals surface area contributed by atoms with E-state index in [1.54, 1.807) is 21.9 Å². The summed E-state index contributed by atoms with van der Waals surface area (Å²) in [7, 11) is 1.30. The third-order valence-corrected chi connectivity index (χ3v) is 7.39. The van der Waals surface area contributed by atoms with Gasteiger partial charge < -0.3 is 29.7 Å². The van der Waals surface area contributed by atoms with Crippen LogP contribution in [-0.2, 0) is 23.9 Å². The summed E-state index contributed by atoms with van der Waals surface area (Å²) in [5.41, 5.74) is 0.171. The Hall–Kier alpha value is -3.30. The molecule has 2 N–H and O–H groups in total. The van der Waals surface area contributed by atoms with E-state index in [1.165, 1.54) is 19.2 Å². The minimum atomic E-state index is -0.594. The fraction of sp³-hybridized carbons (Fsp3) is 0.655. The van der Waals surface area contributed by atoms with E-state index in [0.717, 1.165) is 25.7 Å². The van der Waals surface area contributed by atoms with Crippen molar-refractivity contribution < 1.29 is 33.8 Å². The highest BCUT2D eigenvalue weighted by Crippen LogP contribution is 2.26. The number of rotatable bonds is 8. The second-order valence-corrected chi connectivity index (χ2v) is 11.6. The Morgan fingerprint density at radius 1 is 1.03 bits per heavy atom. The summed E-state index contributed by atoms with van der Waals surface area (Å²) in [6.07, 6.45) is 3.95. The second-order valence-electron chi connectivity index (χ2n) is 11.6. The van der Waals surface area contributed by atoms with Crippen molar-refractivity contribution in [3.05, 3.63) is 29.8 Å². The van der Waals surface area contributed by atoms with Crippen molar-refractivity contribution in [1.29, 1.82) is 0 Å². The van der Waals surface area contributed by atoms with Crippen LogP contribution in [0.3, 0.4) is 0 Å². The topological polar surface area (TPSA) is 125 Å². The molecule has 2 fully saturated rings. The van der Waals surface area contributed by atoms with Gasteiger partial charge in [0.2, 0.25) is 11.8 Å². The number of esters is 1. The normalized spacial score (nSPS) is 19.2. The number of piperidine rings is 2. The minimum Gasteiger partial charge on any atom is -0.508 e. The van der Waals surface area contributed by atoms with Gasteiger partial charge in [-0.15, -0.1) is 0 Å². The number of carbonyl (C=O) groups excluding carboxylic acids is 4. The number of nitrogens with one attached hydrogen (secondary N) is 1. The average molecular weight is 546 g/mol. The first kappa shape index (κ1) is 30.2. The van der Waals surface area contributed by atoms with Crippen molar-refractivity contribution in [2.24, 2.45) is 11.8 Å². The number of aromatic hydroxyl groups is 1. The van der Waals surface area contributed by atoms with Gasteiger partial charge in [-0.2, -0.15) is 0 Å². The van der Waals surface area contributed by atoms with Gasteiger partial charge in [-0.25, -0.2) is 4.79 Å². The van der Waals surface area contributed by atoms with Crippen LogP contribution in [-0.4, -0.2) is 77.7 Å². The van der Waals surface area contributed by atoms with Crippen molar-refractivity contribution in [2.75, 3.05) is 33.3 Å². The predicted octanol–water partition coefficient (Wildman–Crippen LogP) is 3.78. The molecule has 0 radical (unpaired) electrons. The Bertz CT molecular complexity index is 997. The number of amides is 3. The number of hydrogen-bond acceptors (Lipinski definition) is 7. The number of phenols is 1. The largest absolute Gasteiger partial charge is 0.508 e. The quantitative estimate of drug-likeness (QED) is 0.476. The smallest absolute Gasteiger partial charge is 0.410 e. The Morgan fingerprint density at radius 2 is 1.69 bits per heavy atom. The second kappa shape index (κ2) is 13.7. The monoisotopic (exact) mass is 545 g/mol. The Kier molecular flexibility index (Phi) is 10.6. The summed E-state index contributed by atoms with van der Waals surface area (Å²) in [5, 5.41) is 12.5. The zero-order chi connectivity index (χ0) is 28.6. The number of hydrogen-bond donors (Lipinski definition) is 2. The maximum Gasteiger partial charge on any atom is 0.410 e. The molecule has 0 saturated carbocycles. The molecule has 10 heteroatoms. The molecular formula is C29H43N3O7. The molecule has 2 aliphatic rings. The molecule has 2 saturated heterocycles. The fourth-order valence-electron chi connectivity index (χ4n) is 5.13. The van der Waals surface area contributed by atoms with Crippen LogP contribution in [0.5, 0.6) is 5.75 Å². The molecule has 10 nitrogen and oxygen atoms in total. The van der Waals surface area contributed by atoms with E-state index in [0.29, 0.717) is 50.5 Å². The summed E-state index contributed by atoms with van der Waals surface area (Å²) in [4.78, 5) is 54.0. The third-order valence-electron chi connectivity index (χ3n) is 7.39. The molecule has 3 rings (SSSR count). The lowest BCUT2D eigenvalue weighted by atomic mass is 9.91. The Labute approximate surface area is 231 Å². The van der Waals surface area contributed by atoms with Crippen LogP contribution in [0, 0.1) is 11.8 Å². The highest BCUT2D eigenvalue weighted by atomic mass is 16.6. The van der Waals surface area contributed by atoms with Crippen LogP contribution in [0.4, 0.5) is 4.79 Å². The number of nitrogens with zero attached hydrogens (tertiary/aromatic N) is 2. The van der Waals surface area contributed by atoms with E-state index in [4.69, 9.17) is 9.47 Å². The number of phenolic OH excluding ortho intramolecular Hbond substituents is 1. The van der Waals surface area contributed by atoms with Crippen LogP contribution in [0.1, 0.15) is 77.3 Å². The number of methoxy groups -OCH3 is 1. The molecule has 0 aromatic heterocycles. The lowest BCUT2D eigenvalue weighted by Crippen LogP contribution is -2.46. The molecule has 3 amide bonds. The molecule has 1 unspecified atom stereocenters. The average Bonchev–Trinajstić information content (AvgIpc) is 2.91. The van der Waals surface area contributed by atoms with Crippen LogP contribution in [0.15, 0.2) is 24.3 Å². The Morgan fingerprint density at radius 3 is 2.31 bits per heavy atom. The van der Waals surface area contributed by atoms with E-state index in [9.17, 15) is 24.3 Å². The van der Waals surface area contributed by atoms with Crippen molar-refractivity contribution in [3.8, 4) is 5.75 Å². The van der Waals surface area contributed by atoms with Gasteiger partial charge in [0.15, 0.2) is 0 Å². The minimum absolute atomic E-state index is 0.0326. The van der Waals surface area contributed by atoms with Crippen molar-refractivity contribution in [2.45, 2.75) is 77.4 Å². The van der Waals surface area contributed by atoms with Gasteiger partial charge in [0.05, 0.1) is 25.5 Å². The van der Waals surface area contributed by atoms with E-state index in [2.05, 4.69) is 5.32 Å². The van der Waals surface area contributed by atoms with Gasteiger partial charge >= 0.3 is 12.1 Å². The predicted molar refractivity (Wildman–Crippen MR) is 145 cm³/mol. The molecule has 39 heavy (non-hydrogen) atoms. The molecule has 0 bridgehead atoms. The summed E-state index contributed by atoms with van der Waals surface area (Å²) < 4.78 is 10.3. The van der Waals surface area contributed by atoms with Gasteiger partial charge in [0, 0.05) is 32.6 Å². The maximum absolute atomic E-state index is 13.2. The van der Waals surface area contributed by atoms with Crippen molar-refractivity contribution >= 4 is 23.9 Å². The summed E-state index contributed by atoms with van der Waals surface area (Å²) in [6.45, 7) is 7.81. The molecule has 1 aromatic carbocycles. The number of benzene rings is 1. The molecule has 0 aliphatic carbocycles. The maximum atomic E-state index is 13.2. The van der Waals surface area contributed by atoms with E-state index < -0.39 is 17.6 Å². The molecule has 2 aliphatic heterocycles. The third kappa shape index (κ3) is 9.44. The summed E-state index contributed by atoms with van der Waals surface area (Å²) in [5.74, 6) is -0.503. The number of likely N-dealkylation sites (tertiary alicyclic amines) is 2. The van der Waals surface area contributed by atoms with Gasteiger partial charge in [0.25, 0.3) is 0 Å². The Balaban J connectivity index is 1.48. The first-order valence-electron chi connectivity index (χ1n) is 13.9. The van der Waals surface area contributed by atoms with Crippen LogP contribution in [0.25, 0.3) is 0 Å². The van der Waals surface area contributed by atoms with Crippen molar-refractivity contribution in [3.63, 3.8) is 0 Å². The van der Waals surface area contributed by atoms with E-state index >= 15 is 0 Å². The zero-order valence-electron chi connectivity index (χ0n) is 23.6. The highest BCUT2D eigenvalue weighted by Gasteiger charge is 2.31. The van der Waals surface area contributed by atoms with Gasteiger partial charge in [0.1, 0.15) is 11.4 Å². The van der Waals surface area contributed by atoms with Crippen molar-refractivity contribution in [1.82, 2.24) is 15.1 Å². The van der Waals surface area contributed by atoms with Crippen LogP contribution < -0.4 is 5.32 Å². The molecule has 216 valence electrons. The lowest BCUT2D eigenvalue weighted by molar-refractivity contribution is -0.141. The van der Waals surface area contributed by atoms with E-state index in [1.807, 2.05) is 20.8 Å². The fourth-order valence-corrected chi connectivity index (χ4v) is 5.13. The molecule has 2 atom stereocenters. The molecular weight excluding hydrogens is 502 g/mol. The van der Waals surface area contributed by atoms with Gasteiger partial charge in [-0.1, -0.05) is 12.1 Å². The van der Waals surface area contributed by atoms with Crippen LogP contribution in [0.2, 0.25) is 0 Å². The number of carbonyl (C=O) groups is 4. The SMILES string of the molecule is COC(=O)C[C@@H](NC(=O)C1CCCN(C(=O)CCC2CCN(C(=O)OC(C)(C)C)CC2)C1)c1ccc(O)cc1. The summed E-state index contributed by atoms with van der Waals surface area (Å²) in [6, 6.07) is 5.75. The van der Waals surface area contributed by atoms with Gasteiger partial charge in [-0.3, -0.25) is 14.4 Å². The first-order chi connectivity index (χ1) is 18.4. The number of ether oxygens (including phenoxy) is 2. The van der Waals surface area contributed by atoms with Gasteiger partial charge in [-0.05, 0) is 76.5 Å². The lowest BCUT2D eigenvalue weighted by Gasteiger charge is -2.35. The first-order valence-corrected chi connectivity index (χ1v) is 13.9. The summed E-state index contributed by atoms with van der Waals surface area (Å²) >= 11 is 0. The van der Waals surface area contributed by atoms with Crippen LogP contribution >= 0.6 is 0 Å². The molecule has 1 aromatic rings. The zero-order valence-corrected chi connectivity index (χ0v) is 23.6. The standard InChI is InChI=1S/C29H43N3O7/c1-29(2,3)39-28(37)31-16-13-20(14-17-31)7-12-25(34)32-15-5-6-22(19-32)27(36)30-24(18-26(35)38-4)21-8-10-23(33)11-9-21/h8-11,20,22,24,33H,5-7,12-19H2,1-4H3,(H,30,36)/t22?,24-/m1/s1. The highest BCUT2D eigenvalue weighted by molar-refractivity contribution is 5.82. The van der Waals surface area contributed by atoms with E-state index in [-0.39, 0.29) is 36.0 Å². The molecule has 2 heterocycles.